The van der Waals surface area contributed by atoms with Crippen LogP contribution in [0.3, 0.4) is 0 Å². The van der Waals surface area contributed by atoms with Gasteiger partial charge in [-0.25, -0.2) is 0 Å². The van der Waals surface area contributed by atoms with E-state index in [1.807, 2.05) is 0 Å². The van der Waals surface area contributed by atoms with Gasteiger partial charge in [-0.2, -0.15) is 0 Å². The molecular weight excluding hydrogens is 880 g/mol. The Morgan fingerprint density at radius 2 is 0.534 bits per heavy atom. The Morgan fingerprint density at radius 1 is 0.260 bits per heavy atom. The Balaban J connectivity index is 0.987. The molecule has 0 bridgehead atoms. The molecule has 11 aromatic carbocycles. The average Bonchev–Trinajstić information content (AvgIpc) is 3.46. The van der Waals surface area contributed by atoms with E-state index in [1.54, 1.807) is 0 Å². The first kappa shape index (κ1) is 44.1. The Morgan fingerprint density at radius 3 is 0.822 bits per heavy atom. The Hall–Kier alpha value is -8.92. The number of hydrogen-bond donors (Lipinski definition) is 0. The van der Waals surface area contributed by atoms with Crippen LogP contribution in [0.25, 0.3) is 0 Å². The van der Waals surface area contributed by atoms with Crippen LogP contribution in [0.1, 0.15) is 55.6 Å². The van der Waals surface area contributed by atoms with Crippen molar-refractivity contribution < 1.29 is 0 Å². The lowest BCUT2D eigenvalue weighted by Crippen LogP contribution is -2.61. The van der Waals surface area contributed by atoms with Gasteiger partial charge >= 0.3 is 0 Å². The highest BCUT2D eigenvalue weighted by atomic mass is 15.2. The molecule has 0 atom stereocenters. The maximum atomic E-state index is 2.52. The molecule has 346 valence electrons. The van der Waals surface area contributed by atoms with E-state index < -0.39 is 10.8 Å². The van der Waals surface area contributed by atoms with Gasteiger partial charge in [-0.3, -0.25) is 0 Å². The third kappa shape index (κ3) is 7.02. The van der Waals surface area contributed by atoms with Crippen molar-refractivity contribution in [2.24, 2.45) is 0 Å². The highest BCUT2D eigenvalue weighted by Gasteiger charge is 2.45. The second-order valence-corrected chi connectivity index (χ2v) is 19.7. The van der Waals surface area contributed by atoms with Gasteiger partial charge in [0.05, 0.1) is 10.8 Å². The normalized spacial score (nSPS) is 12.7. The summed E-state index contributed by atoms with van der Waals surface area (Å²) in [4.78, 5) is 5.04. The first-order chi connectivity index (χ1) is 36.0. The van der Waals surface area contributed by atoms with Crippen molar-refractivity contribution in [2.75, 3.05) is 9.80 Å². The summed E-state index contributed by atoms with van der Waals surface area (Å²) in [5.41, 5.74) is 22.1. The molecule has 2 aliphatic heterocycles. The lowest BCUT2D eigenvalue weighted by atomic mass is 9.33. The summed E-state index contributed by atoms with van der Waals surface area (Å²) >= 11 is 0. The zero-order chi connectivity index (χ0) is 48.9. The second-order valence-electron chi connectivity index (χ2n) is 19.7. The summed E-state index contributed by atoms with van der Waals surface area (Å²) in [6.45, 7) is 4.47. The van der Waals surface area contributed by atoms with Crippen LogP contribution < -0.4 is 26.2 Å². The van der Waals surface area contributed by atoms with Crippen molar-refractivity contribution in [1.82, 2.24) is 0 Å². The van der Waals surface area contributed by atoms with Gasteiger partial charge < -0.3 is 9.80 Å². The number of fused-ring (bicyclic) bond motifs is 4. The molecule has 0 saturated carbocycles. The van der Waals surface area contributed by atoms with Crippen molar-refractivity contribution in [3.63, 3.8) is 0 Å². The van der Waals surface area contributed by atoms with Gasteiger partial charge in [0.1, 0.15) is 0 Å². The molecule has 0 aromatic heterocycles. The van der Waals surface area contributed by atoms with E-state index >= 15 is 0 Å². The van der Waals surface area contributed by atoms with Crippen LogP contribution in [-0.4, -0.2) is 6.71 Å². The summed E-state index contributed by atoms with van der Waals surface area (Å²) in [6, 6.07) is 106. The molecule has 11 aromatic rings. The highest BCUT2D eigenvalue weighted by Crippen LogP contribution is 2.50. The molecule has 0 spiro atoms. The summed E-state index contributed by atoms with van der Waals surface area (Å²) in [5, 5.41) is 0. The van der Waals surface area contributed by atoms with E-state index in [0.29, 0.717) is 0 Å². The molecule has 0 saturated heterocycles. The minimum absolute atomic E-state index is 0.0345. The van der Waals surface area contributed by atoms with Crippen molar-refractivity contribution in [2.45, 2.75) is 24.7 Å². The number of aryl methyl sites for hydroxylation is 2. The molecule has 0 amide bonds. The van der Waals surface area contributed by atoms with E-state index in [1.165, 1.54) is 94.8 Å². The van der Waals surface area contributed by atoms with Gasteiger partial charge in [0, 0.05) is 34.1 Å². The fourth-order valence-corrected chi connectivity index (χ4v) is 12.6. The lowest BCUT2D eigenvalue weighted by molar-refractivity contribution is 0.745. The van der Waals surface area contributed by atoms with Crippen molar-refractivity contribution in [3.8, 4) is 0 Å². The lowest BCUT2D eigenvalue weighted by Gasteiger charge is -2.44. The molecule has 0 fully saturated rings. The first-order valence-corrected chi connectivity index (χ1v) is 25.5. The fraction of sp³-hybridized carbons (Fsp3) is 0.0571. The number of rotatable bonds is 10. The van der Waals surface area contributed by atoms with E-state index in [2.05, 4.69) is 309 Å². The molecule has 13 rings (SSSR count). The van der Waals surface area contributed by atoms with Crippen LogP contribution in [0.2, 0.25) is 0 Å². The number of nitrogens with zero attached hydrogens (tertiary/aromatic N) is 2. The summed E-state index contributed by atoms with van der Waals surface area (Å²) < 4.78 is 0. The molecule has 2 aliphatic rings. The van der Waals surface area contributed by atoms with Gasteiger partial charge in [-0.15, -0.1) is 0 Å². The zero-order valence-electron chi connectivity index (χ0n) is 41.1. The molecule has 0 aliphatic carbocycles. The van der Waals surface area contributed by atoms with Crippen LogP contribution >= 0.6 is 0 Å². The van der Waals surface area contributed by atoms with E-state index in [9.17, 15) is 0 Å². The first-order valence-electron chi connectivity index (χ1n) is 25.5. The second kappa shape index (κ2) is 18.0. The standard InChI is InChI=1S/C70H53BN2/c1-50-36-46-62-66(48-50)72(60-42-38-58(39-43-60)69(52-22-9-3-10-23-52,53-24-11-4-12-25-53)54-26-13-5-14-27-54)64-34-21-35-65-68(64)71(62)63-47-37-51(2)49-67(63)73(65)61-44-40-59(41-45-61)70(55-28-15-6-16-29-55,56-30-17-7-18-31-56)57-32-19-8-20-33-57/h3-49H,1-2H3. The topological polar surface area (TPSA) is 6.48 Å². The third-order valence-electron chi connectivity index (χ3n) is 15.7. The summed E-state index contributed by atoms with van der Waals surface area (Å²) in [7, 11) is 0. The van der Waals surface area contributed by atoms with E-state index in [-0.39, 0.29) is 6.71 Å². The van der Waals surface area contributed by atoms with Crippen LogP contribution in [0.15, 0.2) is 285 Å². The molecule has 0 radical (unpaired) electrons. The minimum atomic E-state index is -0.545. The van der Waals surface area contributed by atoms with Gasteiger partial charge in [-0.05, 0) is 134 Å². The maximum Gasteiger partial charge on any atom is 0.252 e. The molecular formula is C70H53BN2. The van der Waals surface area contributed by atoms with E-state index in [0.717, 1.165) is 11.4 Å². The smallest absolute Gasteiger partial charge is 0.252 e. The number of anilines is 6. The third-order valence-corrected chi connectivity index (χ3v) is 15.7. The molecule has 0 N–H and O–H groups in total. The maximum absolute atomic E-state index is 2.52. The predicted octanol–water partition coefficient (Wildman–Crippen LogP) is 15.2. The molecule has 0 unspecified atom stereocenters. The number of benzene rings is 11. The molecule has 2 heterocycles. The summed E-state index contributed by atoms with van der Waals surface area (Å²) in [5.74, 6) is 0. The fourth-order valence-electron chi connectivity index (χ4n) is 12.6. The van der Waals surface area contributed by atoms with Gasteiger partial charge in [0.2, 0.25) is 0 Å². The Kier molecular flexibility index (Phi) is 10.9. The molecule has 3 heteroatoms. The Bertz CT molecular complexity index is 3290. The zero-order valence-corrected chi connectivity index (χ0v) is 41.1. The average molecular weight is 933 g/mol. The van der Waals surface area contributed by atoms with Gasteiger partial charge in [0.25, 0.3) is 6.71 Å². The summed E-state index contributed by atoms with van der Waals surface area (Å²) in [6.07, 6.45) is 0. The molecule has 2 nitrogen and oxygen atoms in total. The minimum Gasteiger partial charge on any atom is -0.311 e. The van der Waals surface area contributed by atoms with Crippen molar-refractivity contribution in [1.29, 1.82) is 0 Å². The van der Waals surface area contributed by atoms with Crippen LogP contribution in [-0.2, 0) is 10.8 Å². The van der Waals surface area contributed by atoms with Crippen LogP contribution in [0, 0.1) is 13.8 Å². The highest BCUT2D eigenvalue weighted by molar-refractivity contribution is 7.00. The largest absolute Gasteiger partial charge is 0.311 e. The van der Waals surface area contributed by atoms with Gasteiger partial charge in [0.15, 0.2) is 0 Å². The monoisotopic (exact) mass is 932 g/mol. The molecule has 73 heavy (non-hydrogen) atoms. The van der Waals surface area contributed by atoms with E-state index in [4.69, 9.17) is 0 Å². The Labute approximate surface area is 430 Å². The SMILES string of the molecule is Cc1ccc2c(c1)N(c1ccc(C(c3ccccc3)(c3ccccc3)c3ccccc3)cc1)c1cccc3c1B2c1ccc(C)cc1N3c1ccc(C(c2ccccc2)(c2ccccc2)c2ccccc2)cc1. The van der Waals surface area contributed by atoms with Crippen LogP contribution in [0.4, 0.5) is 34.1 Å². The van der Waals surface area contributed by atoms with Gasteiger partial charge in [-0.1, -0.05) is 237 Å². The quantitative estimate of drug-likeness (QED) is 0.0996. The van der Waals surface area contributed by atoms with Crippen molar-refractivity contribution in [3.05, 3.63) is 341 Å². The van der Waals surface area contributed by atoms with Crippen molar-refractivity contribution >= 4 is 57.2 Å². The number of hydrogen-bond acceptors (Lipinski definition) is 2. The van der Waals surface area contributed by atoms with Crippen LogP contribution in [0.5, 0.6) is 0 Å². The predicted molar refractivity (Wildman–Crippen MR) is 307 cm³/mol.